The van der Waals surface area contributed by atoms with E-state index in [-0.39, 0.29) is 23.2 Å². The first-order valence-corrected chi connectivity index (χ1v) is 9.89. The summed E-state index contributed by atoms with van der Waals surface area (Å²) in [6.45, 7) is 4.14. The smallest absolute Gasteiger partial charge is 0.256 e. The van der Waals surface area contributed by atoms with Crippen molar-refractivity contribution in [1.29, 1.82) is 0 Å². The van der Waals surface area contributed by atoms with Crippen molar-refractivity contribution in [1.82, 2.24) is 10.2 Å². The van der Waals surface area contributed by atoms with Crippen LogP contribution in [0.3, 0.4) is 0 Å². The van der Waals surface area contributed by atoms with Crippen LogP contribution in [0.5, 0.6) is 5.75 Å². The molecule has 1 atom stereocenters. The molecular formula is C21H27FN2O2S. The minimum Gasteiger partial charge on any atom is -0.496 e. The van der Waals surface area contributed by atoms with E-state index in [1.165, 1.54) is 31.0 Å². The molecule has 1 N–H and O–H groups in total. The minimum atomic E-state index is -0.430. The first-order valence-electron chi connectivity index (χ1n) is 8.67. The summed E-state index contributed by atoms with van der Waals surface area (Å²) >= 11 is 1.31. The molecule has 0 fully saturated rings. The number of hydrogen-bond acceptors (Lipinski definition) is 4. The van der Waals surface area contributed by atoms with Gasteiger partial charge in [-0.3, -0.25) is 4.79 Å². The van der Waals surface area contributed by atoms with E-state index < -0.39 is 5.82 Å². The van der Waals surface area contributed by atoms with Crippen molar-refractivity contribution in [3.05, 3.63) is 59.4 Å². The van der Waals surface area contributed by atoms with Crippen molar-refractivity contribution >= 4 is 17.7 Å². The lowest BCUT2D eigenvalue weighted by Gasteiger charge is -2.41. The molecule has 0 bridgehead atoms. The molecule has 0 saturated heterocycles. The molecule has 0 radical (unpaired) electrons. The van der Waals surface area contributed by atoms with E-state index in [1.54, 1.807) is 0 Å². The molecule has 27 heavy (non-hydrogen) atoms. The Kier molecular flexibility index (Phi) is 6.89. The van der Waals surface area contributed by atoms with Crippen molar-refractivity contribution in [3.63, 3.8) is 0 Å². The largest absolute Gasteiger partial charge is 0.496 e. The Hall–Kier alpha value is -2.05. The number of benzene rings is 2. The highest BCUT2D eigenvalue weighted by Gasteiger charge is 2.35. The Morgan fingerprint density at radius 1 is 1.22 bits per heavy atom. The normalized spacial score (nSPS) is 12.7. The van der Waals surface area contributed by atoms with Crippen molar-refractivity contribution in [2.75, 3.05) is 27.5 Å². The highest BCUT2D eigenvalue weighted by Crippen LogP contribution is 2.33. The van der Waals surface area contributed by atoms with Gasteiger partial charge in [0.05, 0.1) is 18.7 Å². The fourth-order valence-electron chi connectivity index (χ4n) is 2.88. The van der Waals surface area contributed by atoms with Gasteiger partial charge in [-0.05, 0) is 45.8 Å². The van der Waals surface area contributed by atoms with E-state index in [2.05, 4.69) is 24.1 Å². The highest BCUT2D eigenvalue weighted by atomic mass is 32.2. The SMILES string of the molecule is COc1cc(F)cc(SC)c1C(=O)NC(c1ccccc1)C(C)(C)N(C)C. The lowest BCUT2D eigenvalue weighted by Crippen LogP contribution is -2.50. The van der Waals surface area contributed by atoms with Crippen LogP contribution in [0.1, 0.15) is 35.8 Å². The van der Waals surface area contributed by atoms with Gasteiger partial charge in [-0.15, -0.1) is 11.8 Å². The molecule has 1 unspecified atom stereocenters. The van der Waals surface area contributed by atoms with Gasteiger partial charge in [0.15, 0.2) is 0 Å². The summed E-state index contributed by atoms with van der Waals surface area (Å²) in [5.74, 6) is -0.493. The minimum absolute atomic E-state index is 0.228. The number of carbonyl (C=O) groups is 1. The molecule has 0 saturated carbocycles. The Morgan fingerprint density at radius 2 is 1.85 bits per heavy atom. The molecule has 146 valence electrons. The summed E-state index contributed by atoms with van der Waals surface area (Å²) in [6, 6.07) is 12.2. The third-order valence-electron chi connectivity index (χ3n) is 4.97. The number of rotatable bonds is 7. The van der Waals surface area contributed by atoms with Crippen LogP contribution in [0, 0.1) is 5.82 Å². The van der Waals surface area contributed by atoms with Gasteiger partial charge in [-0.25, -0.2) is 4.39 Å². The van der Waals surface area contributed by atoms with Crippen LogP contribution >= 0.6 is 11.8 Å². The van der Waals surface area contributed by atoms with Gasteiger partial charge in [0.25, 0.3) is 5.91 Å². The lowest BCUT2D eigenvalue weighted by atomic mass is 9.87. The van der Waals surface area contributed by atoms with Gasteiger partial charge in [0.2, 0.25) is 0 Å². The molecule has 0 aromatic heterocycles. The van der Waals surface area contributed by atoms with Crippen molar-refractivity contribution in [2.24, 2.45) is 0 Å². The summed E-state index contributed by atoms with van der Waals surface area (Å²) in [4.78, 5) is 15.8. The molecule has 0 heterocycles. The van der Waals surface area contributed by atoms with E-state index >= 15 is 0 Å². The Labute approximate surface area is 165 Å². The summed E-state index contributed by atoms with van der Waals surface area (Å²) < 4.78 is 19.1. The highest BCUT2D eigenvalue weighted by molar-refractivity contribution is 7.98. The number of halogens is 1. The molecule has 6 heteroatoms. The summed E-state index contributed by atoms with van der Waals surface area (Å²) in [5.41, 5.74) is 0.988. The first-order chi connectivity index (χ1) is 12.7. The lowest BCUT2D eigenvalue weighted by molar-refractivity contribution is 0.0834. The summed E-state index contributed by atoms with van der Waals surface area (Å²) in [5, 5.41) is 3.14. The van der Waals surface area contributed by atoms with Crippen LogP contribution < -0.4 is 10.1 Å². The van der Waals surface area contributed by atoms with Gasteiger partial charge in [0.1, 0.15) is 11.6 Å². The van der Waals surface area contributed by atoms with Crippen LogP contribution in [0.2, 0.25) is 0 Å². The molecular weight excluding hydrogens is 363 g/mol. The van der Waals surface area contributed by atoms with Crippen molar-refractivity contribution < 1.29 is 13.9 Å². The van der Waals surface area contributed by atoms with E-state index in [0.29, 0.717) is 10.5 Å². The second-order valence-electron chi connectivity index (χ2n) is 7.05. The fourth-order valence-corrected chi connectivity index (χ4v) is 3.51. The number of methoxy groups -OCH3 is 1. The zero-order valence-corrected chi connectivity index (χ0v) is 17.5. The third kappa shape index (κ3) is 4.62. The topological polar surface area (TPSA) is 41.6 Å². The third-order valence-corrected chi connectivity index (χ3v) is 5.73. The van der Waals surface area contributed by atoms with Gasteiger partial charge in [-0.2, -0.15) is 0 Å². The van der Waals surface area contributed by atoms with Crippen molar-refractivity contribution in [3.8, 4) is 5.75 Å². The second kappa shape index (κ2) is 8.76. The number of thioether (sulfide) groups is 1. The van der Waals surface area contributed by atoms with Gasteiger partial charge in [0, 0.05) is 16.5 Å². The number of nitrogens with zero attached hydrogens (tertiary/aromatic N) is 1. The van der Waals surface area contributed by atoms with Gasteiger partial charge in [-0.1, -0.05) is 30.3 Å². The molecule has 0 aliphatic rings. The van der Waals surface area contributed by atoms with Crippen LogP contribution in [0.4, 0.5) is 4.39 Å². The monoisotopic (exact) mass is 390 g/mol. The number of carbonyl (C=O) groups excluding carboxylic acids is 1. The van der Waals surface area contributed by atoms with Gasteiger partial charge >= 0.3 is 0 Å². The molecule has 1 amide bonds. The standard InChI is InChI=1S/C21H27FN2O2S/c1-21(2,24(3)4)19(14-10-8-7-9-11-14)23-20(25)18-16(26-5)12-15(22)13-17(18)27-6/h7-13,19H,1-6H3,(H,23,25). The number of amides is 1. The summed E-state index contributed by atoms with van der Waals surface area (Å²) in [7, 11) is 5.40. The predicted octanol–water partition coefficient (Wildman–Crippen LogP) is 4.37. The maximum absolute atomic E-state index is 13.8. The number of hydrogen-bond donors (Lipinski definition) is 1. The molecule has 0 spiro atoms. The maximum Gasteiger partial charge on any atom is 0.256 e. The predicted molar refractivity (Wildman–Crippen MR) is 109 cm³/mol. The Balaban J connectivity index is 2.49. The first kappa shape index (κ1) is 21.3. The van der Waals surface area contributed by atoms with Gasteiger partial charge < -0.3 is 15.0 Å². The van der Waals surface area contributed by atoms with Crippen LogP contribution in [0.25, 0.3) is 0 Å². The molecule has 0 aliphatic carbocycles. The summed E-state index contributed by atoms with van der Waals surface area (Å²) in [6.07, 6.45) is 1.81. The number of ether oxygens (including phenoxy) is 1. The van der Waals surface area contributed by atoms with E-state index in [1.807, 2.05) is 50.7 Å². The molecule has 2 rings (SSSR count). The van der Waals surface area contributed by atoms with E-state index in [0.717, 1.165) is 5.56 Å². The maximum atomic E-state index is 13.8. The van der Waals surface area contributed by atoms with Crippen LogP contribution in [-0.4, -0.2) is 43.8 Å². The molecule has 0 aliphatic heterocycles. The molecule has 4 nitrogen and oxygen atoms in total. The van der Waals surface area contributed by atoms with Crippen LogP contribution in [0.15, 0.2) is 47.4 Å². The molecule has 2 aromatic rings. The second-order valence-corrected chi connectivity index (χ2v) is 7.90. The number of nitrogens with one attached hydrogen (secondary N) is 1. The Bertz CT molecular complexity index is 769. The van der Waals surface area contributed by atoms with Crippen LogP contribution in [-0.2, 0) is 0 Å². The van der Waals surface area contributed by atoms with Crippen molar-refractivity contribution in [2.45, 2.75) is 30.3 Å². The average molecular weight is 391 g/mol. The fraction of sp³-hybridized carbons (Fsp3) is 0.381. The van der Waals surface area contributed by atoms with E-state index in [9.17, 15) is 9.18 Å². The Morgan fingerprint density at radius 3 is 2.37 bits per heavy atom. The van der Waals surface area contributed by atoms with E-state index in [4.69, 9.17) is 4.74 Å². The average Bonchev–Trinajstić information content (AvgIpc) is 2.65. The number of likely N-dealkylation sites (N-methyl/N-ethyl adjacent to an activating group) is 1. The molecule has 2 aromatic carbocycles. The quantitative estimate of drug-likeness (QED) is 0.713. The zero-order valence-electron chi connectivity index (χ0n) is 16.7. The zero-order chi connectivity index (χ0) is 20.2.